The van der Waals surface area contributed by atoms with Crippen molar-refractivity contribution in [2.24, 2.45) is 0 Å². The monoisotopic (exact) mass is 224 g/mol. The second-order valence-corrected chi connectivity index (χ2v) is 3.51. The van der Waals surface area contributed by atoms with Gasteiger partial charge in [-0.15, -0.1) is 0 Å². The number of hydrogen-bond donors (Lipinski definition) is 1. The van der Waals surface area contributed by atoms with Gasteiger partial charge in [-0.1, -0.05) is 0 Å². The van der Waals surface area contributed by atoms with Crippen molar-refractivity contribution in [3.05, 3.63) is 23.8 Å². The fraction of sp³-hybridized carbons (Fsp3) is 0.417. The van der Waals surface area contributed by atoms with E-state index in [1.165, 1.54) is 7.11 Å². The van der Waals surface area contributed by atoms with Crippen molar-refractivity contribution < 1.29 is 19.4 Å². The maximum atomic E-state index is 10.8. The molecule has 0 aliphatic carbocycles. The number of benzene rings is 1. The molecule has 88 valence electrons. The molecule has 1 atom stereocenters. The van der Waals surface area contributed by atoms with Crippen LogP contribution in [0.3, 0.4) is 0 Å². The highest BCUT2D eigenvalue weighted by atomic mass is 16.5. The van der Waals surface area contributed by atoms with Gasteiger partial charge in [0, 0.05) is 6.42 Å². The number of aliphatic hydroxyl groups is 1. The van der Waals surface area contributed by atoms with Crippen LogP contribution in [0.5, 0.6) is 11.5 Å². The predicted octanol–water partition coefficient (Wildman–Crippen LogP) is 1.66. The van der Waals surface area contributed by atoms with Crippen LogP contribution in [0.1, 0.15) is 23.7 Å². The Morgan fingerprint density at radius 2 is 2.25 bits per heavy atom. The fourth-order valence-electron chi connectivity index (χ4n) is 1.22. The SMILES string of the molecule is COc1ccc(OCCC(C)O)c(C=O)c1. The van der Waals surface area contributed by atoms with Gasteiger partial charge in [0.2, 0.25) is 0 Å². The number of hydrogen-bond acceptors (Lipinski definition) is 4. The van der Waals surface area contributed by atoms with Crippen LogP contribution in [0.25, 0.3) is 0 Å². The first-order chi connectivity index (χ1) is 7.67. The highest BCUT2D eigenvalue weighted by molar-refractivity contribution is 5.80. The molecule has 0 aromatic heterocycles. The predicted molar refractivity (Wildman–Crippen MR) is 60.2 cm³/mol. The molecule has 1 N–H and O–H groups in total. The first-order valence-electron chi connectivity index (χ1n) is 5.11. The van der Waals surface area contributed by atoms with E-state index in [2.05, 4.69) is 0 Å². The Hall–Kier alpha value is -1.55. The number of rotatable bonds is 6. The largest absolute Gasteiger partial charge is 0.497 e. The lowest BCUT2D eigenvalue weighted by atomic mass is 10.2. The number of ether oxygens (including phenoxy) is 2. The molecule has 0 aliphatic rings. The van der Waals surface area contributed by atoms with Crippen molar-refractivity contribution in [2.75, 3.05) is 13.7 Å². The van der Waals surface area contributed by atoms with Crippen LogP contribution in [-0.2, 0) is 0 Å². The topological polar surface area (TPSA) is 55.8 Å². The molecular formula is C12H16O4. The van der Waals surface area contributed by atoms with Gasteiger partial charge in [-0.25, -0.2) is 0 Å². The lowest BCUT2D eigenvalue weighted by molar-refractivity contribution is 0.111. The molecule has 0 amide bonds. The standard InChI is InChI=1S/C12H16O4/c1-9(14)5-6-16-12-4-3-11(15-2)7-10(12)8-13/h3-4,7-9,14H,5-6H2,1-2H3. The fourth-order valence-corrected chi connectivity index (χ4v) is 1.22. The summed E-state index contributed by atoms with van der Waals surface area (Å²) >= 11 is 0. The van der Waals surface area contributed by atoms with Crippen LogP contribution in [0.4, 0.5) is 0 Å². The summed E-state index contributed by atoms with van der Waals surface area (Å²) < 4.78 is 10.4. The highest BCUT2D eigenvalue weighted by Crippen LogP contribution is 2.22. The quantitative estimate of drug-likeness (QED) is 0.746. The van der Waals surface area contributed by atoms with Gasteiger partial charge in [0.05, 0.1) is 25.4 Å². The van der Waals surface area contributed by atoms with E-state index in [-0.39, 0.29) is 0 Å². The number of aldehydes is 1. The molecule has 16 heavy (non-hydrogen) atoms. The van der Waals surface area contributed by atoms with Crippen molar-refractivity contribution >= 4 is 6.29 Å². The number of aliphatic hydroxyl groups excluding tert-OH is 1. The lowest BCUT2D eigenvalue weighted by Crippen LogP contribution is -2.08. The summed E-state index contributed by atoms with van der Waals surface area (Å²) in [5, 5.41) is 9.07. The summed E-state index contributed by atoms with van der Waals surface area (Å²) in [7, 11) is 1.54. The summed E-state index contributed by atoms with van der Waals surface area (Å²) in [4.78, 5) is 10.8. The Morgan fingerprint density at radius 3 is 2.81 bits per heavy atom. The number of carbonyl (C=O) groups is 1. The molecule has 0 spiro atoms. The van der Waals surface area contributed by atoms with E-state index in [1.54, 1.807) is 25.1 Å². The van der Waals surface area contributed by atoms with Crippen LogP contribution in [-0.4, -0.2) is 31.2 Å². The van der Waals surface area contributed by atoms with E-state index in [9.17, 15) is 4.79 Å². The zero-order chi connectivity index (χ0) is 12.0. The van der Waals surface area contributed by atoms with E-state index < -0.39 is 6.10 Å². The number of methoxy groups -OCH3 is 1. The Bertz CT molecular complexity index is 347. The minimum Gasteiger partial charge on any atom is -0.497 e. The van der Waals surface area contributed by atoms with Crippen molar-refractivity contribution in [3.8, 4) is 11.5 Å². The molecule has 0 saturated carbocycles. The van der Waals surface area contributed by atoms with Crippen LogP contribution >= 0.6 is 0 Å². The first kappa shape index (κ1) is 12.5. The number of carbonyl (C=O) groups excluding carboxylic acids is 1. The molecule has 1 aromatic carbocycles. The first-order valence-corrected chi connectivity index (χ1v) is 5.11. The maximum Gasteiger partial charge on any atom is 0.153 e. The molecule has 0 heterocycles. The zero-order valence-electron chi connectivity index (χ0n) is 9.47. The second kappa shape index (κ2) is 6.12. The van der Waals surface area contributed by atoms with Crippen molar-refractivity contribution in [3.63, 3.8) is 0 Å². The molecule has 4 heteroatoms. The third-order valence-corrected chi connectivity index (χ3v) is 2.14. The van der Waals surface area contributed by atoms with E-state index in [0.29, 0.717) is 30.1 Å². The summed E-state index contributed by atoms with van der Waals surface area (Å²) in [5.74, 6) is 1.13. The minimum absolute atomic E-state index is 0.380. The Kier molecular flexibility index (Phi) is 4.79. The molecule has 0 fully saturated rings. The van der Waals surface area contributed by atoms with Crippen molar-refractivity contribution in [1.82, 2.24) is 0 Å². The molecule has 1 rings (SSSR count). The molecule has 4 nitrogen and oxygen atoms in total. The van der Waals surface area contributed by atoms with E-state index >= 15 is 0 Å². The minimum atomic E-state index is -0.405. The van der Waals surface area contributed by atoms with Gasteiger partial charge in [-0.05, 0) is 25.1 Å². The van der Waals surface area contributed by atoms with Gasteiger partial charge < -0.3 is 14.6 Å². The van der Waals surface area contributed by atoms with E-state index in [4.69, 9.17) is 14.6 Å². The summed E-state index contributed by atoms with van der Waals surface area (Å²) in [6, 6.07) is 5.03. The van der Waals surface area contributed by atoms with Gasteiger partial charge in [0.15, 0.2) is 6.29 Å². The van der Waals surface area contributed by atoms with Crippen LogP contribution < -0.4 is 9.47 Å². The van der Waals surface area contributed by atoms with Crippen molar-refractivity contribution in [2.45, 2.75) is 19.4 Å². The molecule has 0 saturated heterocycles. The Balaban J connectivity index is 2.68. The zero-order valence-corrected chi connectivity index (χ0v) is 9.47. The maximum absolute atomic E-state index is 10.8. The Labute approximate surface area is 94.8 Å². The van der Waals surface area contributed by atoms with E-state index in [0.717, 1.165) is 6.29 Å². The van der Waals surface area contributed by atoms with Gasteiger partial charge >= 0.3 is 0 Å². The van der Waals surface area contributed by atoms with Gasteiger partial charge in [-0.3, -0.25) is 4.79 Å². The summed E-state index contributed by atoms with van der Waals surface area (Å²) in [5.41, 5.74) is 0.449. The van der Waals surface area contributed by atoms with Crippen LogP contribution in [0.15, 0.2) is 18.2 Å². The molecule has 1 aromatic rings. The van der Waals surface area contributed by atoms with Crippen LogP contribution in [0, 0.1) is 0 Å². The van der Waals surface area contributed by atoms with Crippen LogP contribution in [0.2, 0.25) is 0 Å². The van der Waals surface area contributed by atoms with Gasteiger partial charge in [0.25, 0.3) is 0 Å². The van der Waals surface area contributed by atoms with Gasteiger partial charge in [0.1, 0.15) is 11.5 Å². The highest BCUT2D eigenvalue weighted by Gasteiger charge is 2.05. The normalized spacial score (nSPS) is 11.9. The van der Waals surface area contributed by atoms with Gasteiger partial charge in [-0.2, -0.15) is 0 Å². The summed E-state index contributed by atoms with van der Waals surface area (Å²) in [6.45, 7) is 2.07. The molecule has 0 radical (unpaired) electrons. The molecule has 0 bridgehead atoms. The summed E-state index contributed by atoms with van der Waals surface area (Å²) in [6.07, 6.45) is 0.850. The second-order valence-electron chi connectivity index (χ2n) is 3.51. The Morgan fingerprint density at radius 1 is 1.50 bits per heavy atom. The third kappa shape index (κ3) is 3.55. The smallest absolute Gasteiger partial charge is 0.153 e. The average molecular weight is 224 g/mol. The molecule has 0 aliphatic heterocycles. The molecule has 1 unspecified atom stereocenters. The lowest BCUT2D eigenvalue weighted by Gasteiger charge is -2.10. The average Bonchev–Trinajstić information content (AvgIpc) is 2.29. The third-order valence-electron chi connectivity index (χ3n) is 2.14. The van der Waals surface area contributed by atoms with Crippen molar-refractivity contribution in [1.29, 1.82) is 0 Å². The van der Waals surface area contributed by atoms with E-state index in [1.807, 2.05) is 0 Å². The molecular weight excluding hydrogens is 208 g/mol.